The van der Waals surface area contributed by atoms with Crippen LogP contribution in [0.15, 0.2) is 47.1 Å². The molecule has 0 radical (unpaired) electrons. The second-order valence-corrected chi connectivity index (χ2v) is 6.59. The largest absolute Gasteiger partial charge is 0.459 e. The summed E-state index contributed by atoms with van der Waals surface area (Å²) < 4.78 is 10.1. The number of hydrogen-bond acceptors (Lipinski definition) is 6. The van der Waals surface area contributed by atoms with Crippen molar-refractivity contribution in [3.8, 4) is 0 Å². The maximum Gasteiger partial charge on any atom is 0.338 e. The highest BCUT2D eigenvalue weighted by molar-refractivity contribution is 6.02. The van der Waals surface area contributed by atoms with E-state index in [1.54, 1.807) is 6.07 Å². The Morgan fingerprint density at radius 2 is 1.90 bits per heavy atom. The molecule has 0 saturated carbocycles. The summed E-state index contributed by atoms with van der Waals surface area (Å²) >= 11 is 0. The fraction of sp³-hybridized carbons (Fsp3) is 0.300. The van der Waals surface area contributed by atoms with Crippen molar-refractivity contribution in [3.05, 3.63) is 54.0 Å². The molecule has 29 heavy (non-hydrogen) atoms. The summed E-state index contributed by atoms with van der Waals surface area (Å²) in [4.78, 5) is 49.3. The first-order chi connectivity index (χ1) is 14.0. The van der Waals surface area contributed by atoms with E-state index in [2.05, 4.69) is 5.32 Å². The highest BCUT2D eigenvalue weighted by Crippen LogP contribution is 2.17. The standard InChI is InChI=1S/C20H21N3O6/c21-18(25)15-4-1-2-10-23(15)17(24)12-29-20(27)13-6-8-14(9-7-13)22-19(26)16-5-3-11-28-16/h3,5-9,11,15H,1-2,4,10,12H2,(H2,21,25)(H,22,26)/t15-/m0/s1. The minimum atomic E-state index is -0.685. The lowest BCUT2D eigenvalue weighted by Gasteiger charge is -2.33. The number of nitrogens with one attached hydrogen (secondary N) is 1. The van der Waals surface area contributed by atoms with Crippen LogP contribution in [0.1, 0.15) is 40.2 Å². The molecule has 3 amide bonds. The number of benzene rings is 1. The highest BCUT2D eigenvalue weighted by Gasteiger charge is 2.31. The number of piperidine rings is 1. The molecule has 0 unspecified atom stereocenters. The zero-order valence-corrected chi connectivity index (χ0v) is 15.6. The molecule has 1 atom stereocenters. The van der Waals surface area contributed by atoms with E-state index in [1.165, 1.54) is 41.5 Å². The maximum atomic E-state index is 12.3. The molecule has 3 N–H and O–H groups in total. The molecule has 1 saturated heterocycles. The molecule has 152 valence electrons. The molecule has 1 aromatic heterocycles. The SMILES string of the molecule is NC(=O)[C@@H]1CCCCN1C(=O)COC(=O)c1ccc(NC(=O)c2ccco2)cc1. The number of primary amides is 1. The number of anilines is 1. The van der Waals surface area contributed by atoms with Crippen LogP contribution in [0.25, 0.3) is 0 Å². The second kappa shape index (κ2) is 9.05. The van der Waals surface area contributed by atoms with Crippen molar-refractivity contribution in [2.75, 3.05) is 18.5 Å². The summed E-state index contributed by atoms with van der Waals surface area (Å²) in [7, 11) is 0. The quantitative estimate of drug-likeness (QED) is 0.709. The predicted octanol–water partition coefficient (Wildman–Crippen LogP) is 1.56. The molecule has 9 nitrogen and oxygen atoms in total. The van der Waals surface area contributed by atoms with E-state index in [-0.39, 0.29) is 11.3 Å². The zero-order valence-electron chi connectivity index (χ0n) is 15.6. The van der Waals surface area contributed by atoms with Gasteiger partial charge in [-0.05, 0) is 55.7 Å². The highest BCUT2D eigenvalue weighted by atomic mass is 16.5. The van der Waals surface area contributed by atoms with Crippen molar-refractivity contribution >= 4 is 29.4 Å². The molecular formula is C20H21N3O6. The molecule has 9 heteroatoms. The van der Waals surface area contributed by atoms with Crippen LogP contribution in [0, 0.1) is 0 Å². The van der Waals surface area contributed by atoms with Gasteiger partial charge in [0.25, 0.3) is 11.8 Å². The molecule has 1 aromatic carbocycles. The summed E-state index contributed by atoms with van der Waals surface area (Å²) in [6.07, 6.45) is 3.50. The van der Waals surface area contributed by atoms with Crippen LogP contribution in [-0.2, 0) is 14.3 Å². The van der Waals surface area contributed by atoms with E-state index in [4.69, 9.17) is 14.9 Å². The van der Waals surface area contributed by atoms with Crippen LogP contribution >= 0.6 is 0 Å². The second-order valence-electron chi connectivity index (χ2n) is 6.59. The molecule has 2 aromatic rings. The molecule has 0 aliphatic carbocycles. The first kappa shape index (κ1) is 20.1. The van der Waals surface area contributed by atoms with Crippen LogP contribution in [-0.4, -0.2) is 47.8 Å². The van der Waals surface area contributed by atoms with Crippen molar-refractivity contribution in [1.82, 2.24) is 4.90 Å². The molecule has 3 rings (SSSR count). The van der Waals surface area contributed by atoms with Crippen molar-refractivity contribution in [2.24, 2.45) is 5.73 Å². The third-order valence-electron chi connectivity index (χ3n) is 4.60. The van der Waals surface area contributed by atoms with Crippen molar-refractivity contribution in [2.45, 2.75) is 25.3 Å². The van der Waals surface area contributed by atoms with E-state index in [9.17, 15) is 19.2 Å². The Morgan fingerprint density at radius 3 is 2.55 bits per heavy atom. The topological polar surface area (TPSA) is 132 Å². The number of rotatable bonds is 6. The number of furan rings is 1. The molecule has 2 heterocycles. The smallest absolute Gasteiger partial charge is 0.338 e. The van der Waals surface area contributed by atoms with Crippen molar-refractivity contribution < 1.29 is 28.3 Å². The number of ether oxygens (including phenoxy) is 1. The zero-order chi connectivity index (χ0) is 20.8. The van der Waals surface area contributed by atoms with Crippen LogP contribution in [0.3, 0.4) is 0 Å². The Labute approximate surface area is 166 Å². The Hall–Kier alpha value is -3.62. The van der Waals surface area contributed by atoms with Gasteiger partial charge in [0.1, 0.15) is 6.04 Å². The fourth-order valence-corrected chi connectivity index (χ4v) is 3.11. The third kappa shape index (κ3) is 5.01. The average Bonchev–Trinajstić information content (AvgIpc) is 3.27. The van der Waals surface area contributed by atoms with Gasteiger partial charge in [-0.1, -0.05) is 0 Å². The van der Waals surface area contributed by atoms with Crippen LogP contribution < -0.4 is 11.1 Å². The third-order valence-corrected chi connectivity index (χ3v) is 4.60. The van der Waals surface area contributed by atoms with Gasteiger partial charge in [0.15, 0.2) is 12.4 Å². The van der Waals surface area contributed by atoms with Gasteiger partial charge in [0.2, 0.25) is 5.91 Å². The van der Waals surface area contributed by atoms with E-state index >= 15 is 0 Å². The monoisotopic (exact) mass is 399 g/mol. The number of nitrogens with zero attached hydrogens (tertiary/aromatic N) is 1. The Balaban J connectivity index is 1.53. The lowest BCUT2D eigenvalue weighted by molar-refractivity contribution is -0.143. The fourth-order valence-electron chi connectivity index (χ4n) is 3.11. The van der Waals surface area contributed by atoms with Gasteiger partial charge in [-0.25, -0.2) is 4.79 Å². The lowest BCUT2D eigenvalue weighted by atomic mass is 10.0. The molecule has 0 bridgehead atoms. The number of likely N-dealkylation sites (tertiary alicyclic amines) is 1. The Bertz CT molecular complexity index is 891. The van der Waals surface area contributed by atoms with E-state index in [0.717, 1.165) is 12.8 Å². The Morgan fingerprint density at radius 1 is 1.14 bits per heavy atom. The number of carbonyl (C=O) groups excluding carboxylic acids is 4. The van der Waals surface area contributed by atoms with Crippen molar-refractivity contribution in [1.29, 1.82) is 0 Å². The maximum absolute atomic E-state index is 12.3. The van der Waals surface area contributed by atoms with Gasteiger partial charge in [-0.3, -0.25) is 14.4 Å². The van der Waals surface area contributed by atoms with Gasteiger partial charge in [0.05, 0.1) is 11.8 Å². The van der Waals surface area contributed by atoms with Crippen LogP contribution in [0.4, 0.5) is 5.69 Å². The summed E-state index contributed by atoms with van der Waals surface area (Å²) in [6, 6.07) is 8.48. The summed E-state index contributed by atoms with van der Waals surface area (Å²) in [5.74, 6) is -1.95. The Kier molecular flexibility index (Phi) is 6.28. The van der Waals surface area contributed by atoms with Gasteiger partial charge in [0, 0.05) is 12.2 Å². The summed E-state index contributed by atoms with van der Waals surface area (Å²) in [5, 5.41) is 2.63. The number of carbonyl (C=O) groups is 4. The van der Waals surface area contributed by atoms with Crippen LogP contribution in [0.5, 0.6) is 0 Å². The molecular weight excluding hydrogens is 378 g/mol. The first-order valence-corrected chi connectivity index (χ1v) is 9.16. The lowest BCUT2D eigenvalue weighted by Crippen LogP contribution is -2.51. The number of hydrogen-bond donors (Lipinski definition) is 2. The van der Waals surface area contributed by atoms with Gasteiger partial charge in [-0.15, -0.1) is 0 Å². The minimum Gasteiger partial charge on any atom is -0.459 e. The number of esters is 1. The van der Waals surface area contributed by atoms with E-state index < -0.39 is 36.3 Å². The molecule has 1 aliphatic heterocycles. The molecule has 0 spiro atoms. The van der Waals surface area contributed by atoms with Crippen LogP contribution in [0.2, 0.25) is 0 Å². The van der Waals surface area contributed by atoms with Gasteiger partial charge < -0.3 is 25.1 Å². The molecule has 1 aliphatic rings. The average molecular weight is 399 g/mol. The molecule has 1 fully saturated rings. The first-order valence-electron chi connectivity index (χ1n) is 9.16. The number of nitrogens with two attached hydrogens (primary N) is 1. The van der Waals surface area contributed by atoms with E-state index in [1.807, 2.05) is 0 Å². The van der Waals surface area contributed by atoms with Gasteiger partial charge >= 0.3 is 5.97 Å². The summed E-state index contributed by atoms with van der Waals surface area (Å²) in [6.45, 7) is -0.0619. The summed E-state index contributed by atoms with van der Waals surface area (Å²) in [5.41, 5.74) is 6.04. The minimum absolute atomic E-state index is 0.166. The number of amides is 3. The van der Waals surface area contributed by atoms with E-state index in [0.29, 0.717) is 18.7 Å². The van der Waals surface area contributed by atoms with Gasteiger partial charge in [-0.2, -0.15) is 0 Å². The normalized spacial score (nSPS) is 16.1. The van der Waals surface area contributed by atoms with Crippen molar-refractivity contribution in [3.63, 3.8) is 0 Å². The predicted molar refractivity (Wildman–Crippen MR) is 102 cm³/mol.